The Balaban J connectivity index is 1.74. The molecule has 1 atom stereocenters. The maximum Gasteiger partial charge on any atom is 0.252 e. The molecule has 1 heterocycles. The van der Waals surface area contributed by atoms with Crippen molar-refractivity contribution in [2.24, 2.45) is 7.05 Å². The van der Waals surface area contributed by atoms with Crippen LogP contribution in [0.15, 0.2) is 72.8 Å². The van der Waals surface area contributed by atoms with Crippen LogP contribution in [0.25, 0.3) is 11.0 Å². The lowest BCUT2D eigenvalue weighted by Crippen LogP contribution is -2.31. The molecule has 1 unspecified atom stereocenters. The van der Waals surface area contributed by atoms with Gasteiger partial charge in [-0.15, -0.1) is 0 Å². The highest BCUT2D eigenvalue weighted by atomic mass is 16.5. The van der Waals surface area contributed by atoms with Gasteiger partial charge in [0.15, 0.2) is 11.5 Å². The van der Waals surface area contributed by atoms with E-state index in [4.69, 9.17) is 14.5 Å². The largest absolute Gasteiger partial charge is 0.493 e. The van der Waals surface area contributed by atoms with Crippen LogP contribution in [0.2, 0.25) is 0 Å². The van der Waals surface area contributed by atoms with Gasteiger partial charge in [-0.25, -0.2) is 4.98 Å². The summed E-state index contributed by atoms with van der Waals surface area (Å²) in [5.41, 5.74) is 3.32. The lowest BCUT2D eigenvalue weighted by Gasteiger charge is -2.20. The zero-order valence-electron chi connectivity index (χ0n) is 17.1. The number of carbonyl (C=O) groups is 1. The Hall–Kier alpha value is -3.80. The van der Waals surface area contributed by atoms with Gasteiger partial charge in [0.2, 0.25) is 0 Å². The number of rotatable bonds is 6. The van der Waals surface area contributed by atoms with E-state index in [2.05, 4.69) is 5.32 Å². The molecule has 6 heteroatoms. The summed E-state index contributed by atoms with van der Waals surface area (Å²) in [6.45, 7) is 0. The first kappa shape index (κ1) is 19.5. The number of aryl methyl sites for hydroxylation is 1. The highest BCUT2D eigenvalue weighted by molar-refractivity contribution is 5.95. The quantitative estimate of drug-likeness (QED) is 0.528. The highest BCUT2D eigenvalue weighted by Crippen LogP contribution is 2.29. The van der Waals surface area contributed by atoms with E-state index in [0.29, 0.717) is 17.1 Å². The zero-order chi connectivity index (χ0) is 21.1. The van der Waals surface area contributed by atoms with Crippen LogP contribution in [-0.4, -0.2) is 29.7 Å². The third-order valence-electron chi connectivity index (χ3n) is 5.13. The second-order valence-corrected chi connectivity index (χ2v) is 6.90. The summed E-state index contributed by atoms with van der Waals surface area (Å²) in [6, 6.07) is 22.4. The zero-order valence-corrected chi connectivity index (χ0v) is 17.1. The minimum atomic E-state index is -0.413. The number of imidazole rings is 1. The third-order valence-corrected chi connectivity index (χ3v) is 5.13. The van der Waals surface area contributed by atoms with Gasteiger partial charge in [-0.05, 0) is 35.9 Å². The first-order valence-corrected chi connectivity index (χ1v) is 9.61. The molecule has 0 radical (unpaired) electrons. The van der Waals surface area contributed by atoms with Crippen LogP contribution in [0.4, 0.5) is 0 Å². The molecule has 1 N–H and O–H groups in total. The van der Waals surface area contributed by atoms with Crippen LogP contribution in [0.5, 0.6) is 11.5 Å². The van der Waals surface area contributed by atoms with E-state index in [9.17, 15) is 4.79 Å². The molecule has 0 saturated heterocycles. The van der Waals surface area contributed by atoms with Crippen molar-refractivity contribution in [3.8, 4) is 11.5 Å². The number of hydrogen-bond acceptors (Lipinski definition) is 4. The van der Waals surface area contributed by atoms with Crippen LogP contribution in [0.3, 0.4) is 0 Å². The number of fused-ring (bicyclic) bond motifs is 1. The van der Waals surface area contributed by atoms with Crippen molar-refractivity contribution in [2.45, 2.75) is 6.04 Å². The summed E-state index contributed by atoms with van der Waals surface area (Å²) in [6.07, 6.45) is 0. The number of ether oxygens (including phenoxy) is 2. The number of amides is 1. The predicted octanol–water partition coefficient (Wildman–Crippen LogP) is 4.11. The number of hydrogen-bond donors (Lipinski definition) is 1. The van der Waals surface area contributed by atoms with Gasteiger partial charge in [0, 0.05) is 12.6 Å². The summed E-state index contributed by atoms with van der Waals surface area (Å²) >= 11 is 0. The highest BCUT2D eigenvalue weighted by Gasteiger charge is 2.23. The van der Waals surface area contributed by atoms with Crippen molar-refractivity contribution in [2.75, 3.05) is 14.2 Å². The number of benzene rings is 3. The molecular formula is C24H23N3O3. The summed E-state index contributed by atoms with van der Waals surface area (Å²) in [4.78, 5) is 18.0. The number of aromatic nitrogens is 2. The number of nitrogens with zero attached hydrogens (tertiary/aromatic N) is 2. The van der Waals surface area contributed by atoms with E-state index < -0.39 is 6.04 Å². The summed E-state index contributed by atoms with van der Waals surface area (Å²) in [5, 5.41) is 3.14. The van der Waals surface area contributed by atoms with Crippen LogP contribution >= 0.6 is 0 Å². The number of methoxy groups -OCH3 is 2. The van der Waals surface area contributed by atoms with E-state index in [1.165, 1.54) is 0 Å². The van der Waals surface area contributed by atoms with Crippen molar-refractivity contribution in [1.29, 1.82) is 0 Å². The Morgan fingerprint density at radius 2 is 1.63 bits per heavy atom. The van der Waals surface area contributed by atoms with Crippen molar-refractivity contribution < 1.29 is 14.3 Å². The molecule has 0 bridgehead atoms. The molecule has 6 nitrogen and oxygen atoms in total. The second kappa shape index (κ2) is 8.29. The van der Waals surface area contributed by atoms with Crippen LogP contribution in [0, 0.1) is 0 Å². The first-order valence-electron chi connectivity index (χ1n) is 9.61. The first-order chi connectivity index (χ1) is 14.6. The molecule has 0 spiro atoms. The Kier molecular flexibility index (Phi) is 5.39. The molecular weight excluding hydrogens is 378 g/mol. The van der Waals surface area contributed by atoms with Crippen molar-refractivity contribution >= 4 is 16.9 Å². The standard InChI is InChI=1S/C24H23N3O3/c1-27-19-12-8-7-11-18(19)25-23(27)22(16-9-5-4-6-10-16)26-24(28)17-13-14-20(29-2)21(15-17)30-3/h4-15,22H,1-3H3,(H,26,28). The molecule has 0 aliphatic carbocycles. The predicted molar refractivity (Wildman–Crippen MR) is 116 cm³/mol. The van der Waals surface area contributed by atoms with Gasteiger partial charge in [0.25, 0.3) is 5.91 Å². The van der Waals surface area contributed by atoms with Crippen molar-refractivity contribution in [1.82, 2.24) is 14.9 Å². The fourth-order valence-electron chi connectivity index (χ4n) is 3.56. The van der Waals surface area contributed by atoms with Gasteiger partial charge in [-0.1, -0.05) is 42.5 Å². The second-order valence-electron chi connectivity index (χ2n) is 6.90. The fraction of sp³-hybridized carbons (Fsp3) is 0.167. The molecule has 3 aromatic carbocycles. The minimum absolute atomic E-state index is 0.225. The number of nitrogens with one attached hydrogen (secondary N) is 1. The maximum atomic E-state index is 13.2. The van der Waals surface area contributed by atoms with Gasteiger partial charge in [-0.2, -0.15) is 0 Å². The summed E-state index contributed by atoms with van der Waals surface area (Å²) in [5.74, 6) is 1.61. The minimum Gasteiger partial charge on any atom is -0.493 e. The lowest BCUT2D eigenvalue weighted by atomic mass is 10.1. The van der Waals surface area contributed by atoms with Gasteiger partial charge in [0.1, 0.15) is 11.9 Å². The van der Waals surface area contributed by atoms with Crippen molar-refractivity contribution in [3.05, 3.63) is 89.7 Å². The van der Waals surface area contributed by atoms with E-state index in [-0.39, 0.29) is 5.91 Å². The fourth-order valence-corrected chi connectivity index (χ4v) is 3.56. The maximum absolute atomic E-state index is 13.2. The van der Waals surface area contributed by atoms with Gasteiger partial charge >= 0.3 is 0 Å². The Bertz CT molecular complexity index is 1190. The van der Waals surface area contributed by atoms with Crippen LogP contribution < -0.4 is 14.8 Å². The average molecular weight is 401 g/mol. The number of para-hydroxylation sites is 2. The van der Waals surface area contributed by atoms with Gasteiger partial charge in [0.05, 0.1) is 25.3 Å². The summed E-state index contributed by atoms with van der Waals surface area (Å²) in [7, 11) is 5.07. The summed E-state index contributed by atoms with van der Waals surface area (Å²) < 4.78 is 12.6. The Morgan fingerprint density at radius 1 is 0.933 bits per heavy atom. The molecule has 4 aromatic rings. The molecule has 0 fully saturated rings. The Labute approximate surface area is 175 Å². The SMILES string of the molecule is COc1ccc(C(=O)NC(c2ccccc2)c2nc3ccccc3n2C)cc1OC. The molecule has 0 aliphatic heterocycles. The van der Waals surface area contributed by atoms with E-state index in [1.54, 1.807) is 32.4 Å². The average Bonchev–Trinajstić information content (AvgIpc) is 3.13. The molecule has 1 amide bonds. The smallest absolute Gasteiger partial charge is 0.252 e. The molecule has 152 valence electrons. The van der Waals surface area contributed by atoms with E-state index >= 15 is 0 Å². The molecule has 30 heavy (non-hydrogen) atoms. The lowest BCUT2D eigenvalue weighted by molar-refractivity contribution is 0.0941. The normalized spacial score (nSPS) is 11.8. The van der Waals surface area contributed by atoms with E-state index in [1.807, 2.05) is 66.2 Å². The molecule has 0 aliphatic rings. The molecule has 4 rings (SSSR count). The third kappa shape index (κ3) is 3.59. The Morgan fingerprint density at radius 3 is 2.33 bits per heavy atom. The van der Waals surface area contributed by atoms with Crippen LogP contribution in [-0.2, 0) is 7.05 Å². The molecule has 1 aromatic heterocycles. The number of carbonyl (C=O) groups excluding carboxylic acids is 1. The van der Waals surface area contributed by atoms with Gasteiger partial charge in [-0.3, -0.25) is 4.79 Å². The van der Waals surface area contributed by atoms with Gasteiger partial charge < -0.3 is 19.4 Å². The topological polar surface area (TPSA) is 65.4 Å². The van der Waals surface area contributed by atoms with E-state index in [0.717, 1.165) is 22.4 Å². The van der Waals surface area contributed by atoms with Crippen LogP contribution in [0.1, 0.15) is 27.8 Å². The molecule has 0 saturated carbocycles. The monoisotopic (exact) mass is 401 g/mol. The van der Waals surface area contributed by atoms with Crippen molar-refractivity contribution in [3.63, 3.8) is 0 Å².